The molecule has 0 radical (unpaired) electrons. The average Bonchev–Trinajstić information content (AvgIpc) is 3.35. The fraction of sp³-hybridized carbons (Fsp3) is 0.474. The lowest BCUT2D eigenvalue weighted by Crippen LogP contribution is -2.41. The number of aromatic nitrogens is 1. The first-order chi connectivity index (χ1) is 12.7. The van der Waals surface area contributed by atoms with Crippen LogP contribution in [-0.4, -0.2) is 24.5 Å². The van der Waals surface area contributed by atoms with Gasteiger partial charge in [-0.05, 0) is 38.3 Å². The van der Waals surface area contributed by atoms with Crippen molar-refractivity contribution in [1.82, 2.24) is 15.6 Å². The Morgan fingerprint density at radius 3 is 2.56 bits per heavy atom. The van der Waals surface area contributed by atoms with Gasteiger partial charge < -0.3 is 15.1 Å². The summed E-state index contributed by atoms with van der Waals surface area (Å²) in [6.07, 6.45) is -2.64. The normalized spacial score (nSPS) is 16.3. The molecule has 1 saturated carbocycles. The van der Waals surface area contributed by atoms with Crippen LogP contribution in [0.25, 0.3) is 0 Å². The number of aryl methyl sites for hydroxylation is 2. The van der Waals surface area contributed by atoms with Gasteiger partial charge in [0, 0.05) is 19.0 Å². The quantitative estimate of drug-likeness (QED) is 0.613. The number of alkyl halides is 3. The molecule has 1 aromatic carbocycles. The van der Waals surface area contributed by atoms with Gasteiger partial charge in [0.05, 0.1) is 17.8 Å². The van der Waals surface area contributed by atoms with Crippen molar-refractivity contribution < 1.29 is 17.6 Å². The van der Waals surface area contributed by atoms with Crippen LogP contribution in [0.5, 0.6) is 0 Å². The van der Waals surface area contributed by atoms with Crippen LogP contribution in [0.2, 0.25) is 0 Å². The summed E-state index contributed by atoms with van der Waals surface area (Å²) < 4.78 is 44.5. The van der Waals surface area contributed by atoms with E-state index in [4.69, 9.17) is 4.42 Å². The molecule has 0 amide bonds. The zero-order chi connectivity index (χ0) is 19.7. The maximum absolute atomic E-state index is 13.0. The van der Waals surface area contributed by atoms with Gasteiger partial charge in [0.2, 0.25) is 5.89 Å². The molecule has 1 aromatic heterocycles. The highest BCUT2D eigenvalue weighted by Gasteiger charge is 2.45. The lowest BCUT2D eigenvalue weighted by Gasteiger charge is -2.20. The molecule has 1 aliphatic carbocycles. The molecule has 5 nitrogen and oxygen atoms in total. The van der Waals surface area contributed by atoms with Crippen LogP contribution >= 0.6 is 0 Å². The number of aliphatic imine (C=N–C) groups is 1. The predicted molar refractivity (Wildman–Crippen MR) is 96.5 cm³/mol. The molecule has 8 heteroatoms. The van der Waals surface area contributed by atoms with Gasteiger partial charge in [-0.3, -0.25) is 4.99 Å². The summed E-state index contributed by atoms with van der Waals surface area (Å²) in [5.74, 6) is 1.89. The zero-order valence-electron chi connectivity index (χ0n) is 15.6. The molecule has 0 aliphatic heterocycles. The van der Waals surface area contributed by atoms with Crippen molar-refractivity contribution in [1.29, 1.82) is 0 Å². The monoisotopic (exact) mass is 380 g/mol. The molecule has 2 aromatic rings. The molecular formula is C19H23F3N4O. The SMILES string of the molecule is CN=C(NCc1nc(C)c(C)o1)NCC1(c2cccc(C(F)(F)F)c2)CC1. The number of hydrogen-bond donors (Lipinski definition) is 2. The largest absolute Gasteiger partial charge is 0.444 e. The Morgan fingerprint density at radius 1 is 1.26 bits per heavy atom. The third-order valence-corrected chi connectivity index (χ3v) is 4.95. The van der Waals surface area contributed by atoms with Gasteiger partial charge >= 0.3 is 6.18 Å². The van der Waals surface area contributed by atoms with E-state index in [2.05, 4.69) is 20.6 Å². The Hall–Kier alpha value is -2.51. The molecule has 3 rings (SSSR count). The molecule has 1 heterocycles. The van der Waals surface area contributed by atoms with Crippen LogP contribution < -0.4 is 10.6 Å². The van der Waals surface area contributed by atoms with Gasteiger partial charge in [-0.2, -0.15) is 13.2 Å². The number of rotatable bonds is 5. The van der Waals surface area contributed by atoms with Crippen LogP contribution in [0.15, 0.2) is 33.7 Å². The number of hydrogen-bond acceptors (Lipinski definition) is 3. The minimum Gasteiger partial charge on any atom is -0.444 e. The van der Waals surface area contributed by atoms with E-state index in [1.807, 2.05) is 13.8 Å². The van der Waals surface area contributed by atoms with Crippen LogP contribution in [0.3, 0.4) is 0 Å². The first-order valence-electron chi connectivity index (χ1n) is 8.79. The summed E-state index contributed by atoms with van der Waals surface area (Å²) in [6.45, 7) is 4.62. The van der Waals surface area contributed by atoms with Gasteiger partial charge in [-0.1, -0.05) is 18.2 Å². The van der Waals surface area contributed by atoms with Crippen LogP contribution in [0.4, 0.5) is 13.2 Å². The van der Waals surface area contributed by atoms with E-state index in [1.54, 1.807) is 13.1 Å². The van der Waals surface area contributed by atoms with Gasteiger partial charge in [0.15, 0.2) is 5.96 Å². The molecule has 0 saturated heterocycles. The highest BCUT2D eigenvalue weighted by atomic mass is 19.4. The summed E-state index contributed by atoms with van der Waals surface area (Å²) in [5.41, 5.74) is 0.661. The van der Waals surface area contributed by atoms with E-state index < -0.39 is 11.7 Å². The lowest BCUT2D eigenvalue weighted by molar-refractivity contribution is -0.137. The zero-order valence-corrected chi connectivity index (χ0v) is 15.6. The van der Waals surface area contributed by atoms with E-state index in [1.165, 1.54) is 12.1 Å². The second-order valence-electron chi connectivity index (χ2n) is 6.89. The minimum atomic E-state index is -4.33. The summed E-state index contributed by atoms with van der Waals surface area (Å²) >= 11 is 0. The van der Waals surface area contributed by atoms with Crippen molar-refractivity contribution in [2.45, 2.75) is 44.8 Å². The molecule has 1 aliphatic rings. The minimum absolute atomic E-state index is 0.283. The Morgan fingerprint density at radius 2 is 2.00 bits per heavy atom. The van der Waals surface area contributed by atoms with Crippen molar-refractivity contribution in [2.24, 2.45) is 4.99 Å². The third-order valence-electron chi connectivity index (χ3n) is 4.95. The Labute approximate surface area is 156 Å². The Kier molecular flexibility index (Phi) is 5.17. The van der Waals surface area contributed by atoms with E-state index in [0.29, 0.717) is 30.5 Å². The van der Waals surface area contributed by atoms with Gasteiger partial charge in [0.1, 0.15) is 5.76 Å². The second kappa shape index (κ2) is 7.25. The molecule has 0 bridgehead atoms. The highest BCUT2D eigenvalue weighted by Crippen LogP contribution is 2.48. The number of oxazole rings is 1. The molecule has 2 N–H and O–H groups in total. The summed E-state index contributed by atoms with van der Waals surface area (Å²) in [6, 6.07) is 5.59. The van der Waals surface area contributed by atoms with Crippen LogP contribution in [-0.2, 0) is 18.1 Å². The summed E-state index contributed by atoms with van der Waals surface area (Å²) in [5, 5.41) is 6.33. The fourth-order valence-electron chi connectivity index (χ4n) is 2.99. The Balaban J connectivity index is 1.61. The fourth-order valence-corrected chi connectivity index (χ4v) is 2.99. The molecule has 27 heavy (non-hydrogen) atoms. The molecule has 0 atom stereocenters. The van der Waals surface area contributed by atoms with Crippen LogP contribution in [0.1, 0.15) is 41.3 Å². The van der Waals surface area contributed by atoms with E-state index in [0.717, 1.165) is 30.4 Å². The maximum Gasteiger partial charge on any atom is 0.416 e. The number of nitrogens with one attached hydrogen (secondary N) is 2. The number of nitrogens with zero attached hydrogens (tertiary/aromatic N) is 2. The summed E-state index contributed by atoms with van der Waals surface area (Å²) in [7, 11) is 1.64. The van der Waals surface area contributed by atoms with Crippen LogP contribution in [0, 0.1) is 13.8 Å². The molecule has 0 unspecified atom stereocenters. The standard InChI is InChI=1S/C19H23F3N4O/c1-12-13(2)27-16(26-12)10-24-17(23-3)25-11-18(7-8-18)14-5-4-6-15(9-14)19(20,21)22/h4-6,9H,7-8,10-11H2,1-3H3,(H2,23,24,25). The first-order valence-corrected chi connectivity index (χ1v) is 8.79. The van der Waals surface area contributed by atoms with Gasteiger partial charge in [-0.15, -0.1) is 0 Å². The maximum atomic E-state index is 13.0. The second-order valence-corrected chi connectivity index (χ2v) is 6.89. The van der Waals surface area contributed by atoms with Crippen molar-refractivity contribution in [2.75, 3.05) is 13.6 Å². The topological polar surface area (TPSA) is 62.5 Å². The van der Waals surface area contributed by atoms with Crippen molar-refractivity contribution in [3.63, 3.8) is 0 Å². The van der Waals surface area contributed by atoms with Crippen molar-refractivity contribution in [3.8, 4) is 0 Å². The van der Waals surface area contributed by atoms with Crippen molar-refractivity contribution >= 4 is 5.96 Å². The van der Waals surface area contributed by atoms with E-state index >= 15 is 0 Å². The van der Waals surface area contributed by atoms with Gasteiger partial charge in [0.25, 0.3) is 0 Å². The van der Waals surface area contributed by atoms with Gasteiger partial charge in [-0.25, -0.2) is 4.98 Å². The van der Waals surface area contributed by atoms with E-state index in [-0.39, 0.29) is 5.41 Å². The van der Waals surface area contributed by atoms with Crippen molar-refractivity contribution in [3.05, 3.63) is 52.7 Å². The number of benzene rings is 1. The van der Waals surface area contributed by atoms with E-state index in [9.17, 15) is 13.2 Å². The predicted octanol–water partition coefficient (Wildman–Crippen LogP) is 3.71. The molecule has 146 valence electrons. The average molecular weight is 380 g/mol. The first kappa shape index (κ1) is 19.3. The number of guanidine groups is 1. The molecule has 0 spiro atoms. The smallest absolute Gasteiger partial charge is 0.416 e. The number of halogens is 3. The molecule has 1 fully saturated rings. The molecular weight excluding hydrogens is 357 g/mol. The Bertz CT molecular complexity index is 818. The highest BCUT2D eigenvalue weighted by molar-refractivity contribution is 5.79. The lowest BCUT2D eigenvalue weighted by atomic mass is 9.94. The summed E-state index contributed by atoms with van der Waals surface area (Å²) in [4.78, 5) is 8.46. The third kappa shape index (κ3) is 4.43.